The molecule has 0 aromatic heterocycles. The number of benzene rings is 1. The maximum Gasteiger partial charge on any atom is 0.249 e. The van der Waals surface area contributed by atoms with Crippen molar-refractivity contribution in [2.45, 2.75) is 19.9 Å². The van der Waals surface area contributed by atoms with Crippen molar-refractivity contribution < 1.29 is 14.3 Å². The first-order valence-electron chi connectivity index (χ1n) is 8.13. The molecule has 0 bridgehead atoms. The van der Waals surface area contributed by atoms with Crippen LogP contribution < -0.4 is 19.7 Å². The molecule has 0 saturated carbocycles. The van der Waals surface area contributed by atoms with E-state index in [0.717, 1.165) is 23.7 Å². The zero-order valence-electron chi connectivity index (χ0n) is 14.3. The normalized spacial score (nSPS) is 19.8. The number of rotatable bonds is 4. The number of carbonyl (C=O) groups is 1. The average molecular weight is 319 g/mol. The van der Waals surface area contributed by atoms with E-state index in [1.54, 1.807) is 0 Å². The maximum atomic E-state index is 12.9. The maximum absolute atomic E-state index is 12.9. The van der Waals surface area contributed by atoms with E-state index in [9.17, 15) is 4.79 Å². The van der Waals surface area contributed by atoms with Gasteiger partial charge in [0.1, 0.15) is 19.3 Å². The zero-order chi connectivity index (χ0) is 16.6. The van der Waals surface area contributed by atoms with E-state index in [-0.39, 0.29) is 17.9 Å². The summed E-state index contributed by atoms with van der Waals surface area (Å²) in [6, 6.07) is 3.65. The Bertz CT molecular complexity index is 601. The van der Waals surface area contributed by atoms with Crippen molar-refractivity contribution in [3.63, 3.8) is 0 Å². The van der Waals surface area contributed by atoms with Crippen molar-refractivity contribution in [3.05, 3.63) is 12.1 Å². The molecule has 6 heteroatoms. The lowest BCUT2D eigenvalue weighted by molar-refractivity contribution is -0.120. The molecule has 0 radical (unpaired) electrons. The number of hydrogen-bond acceptors (Lipinski definition) is 5. The van der Waals surface area contributed by atoms with E-state index in [4.69, 9.17) is 9.47 Å². The second kappa shape index (κ2) is 6.28. The number of amides is 1. The van der Waals surface area contributed by atoms with Crippen LogP contribution in [0.15, 0.2) is 12.1 Å². The topological polar surface area (TPSA) is 54.0 Å². The Balaban J connectivity index is 1.99. The van der Waals surface area contributed by atoms with Gasteiger partial charge in [0.05, 0.1) is 11.4 Å². The van der Waals surface area contributed by atoms with Crippen LogP contribution in [-0.2, 0) is 4.79 Å². The largest absolute Gasteiger partial charge is 0.486 e. The van der Waals surface area contributed by atoms with Gasteiger partial charge in [-0.2, -0.15) is 0 Å². The molecular weight excluding hydrogens is 294 g/mol. The van der Waals surface area contributed by atoms with Gasteiger partial charge in [0.2, 0.25) is 5.91 Å². The predicted octanol–water partition coefficient (Wildman–Crippen LogP) is 1.80. The molecule has 2 heterocycles. The smallest absolute Gasteiger partial charge is 0.249 e. The van der Waals surface area contributed by atoms with Crippen LogP contribution in [-0.4, -0.2) is 57.2 Å². The molecule has 1 aromatic rings. The molecule has 3 rings (SSSR count). The highest BCUT2D eigenvalue weighted by molar-refractivity contribution is 6.05. The number of anilines is 2. The fourth-order valence-corrected chi connectivity index (χ4v) is 2.92. The summed E-state index contributed by atoms with van der Waals surface area (Å²) in [5.41, 5.74) is 1.81. The van der Waals surface area contributed by atoms with E-state index >= 15 is 0 Å². The Kier molecular flexibility index (Phi) is 4.35. The van der Waals surface area contributed by atoms with E-state index in [1.807, 2.05) is 31.1 Å². The van der Waals surface area contributed by atoms with Crippen LogP contribution in [0.4, 0.5) is 11.4 Å². The number of fused-ring (bicyclic) bond motifs is 2. The molecule has 0 spiro atoms. The first kappa shape index (κ1) is 15.9. The third-order valence-electron chi connectivity index (χ3n) is 4.23. The molecule has 126 valence electrons. The molecule has 6 nitrogen and oxygen atoms in total. The summed E-state index contributed by atoms with van der Waals surface area (Å²) in [6.45, 7) is 6.68. The molecular formula is C17H25N3O3. The van der Waals surface area contributed by atoms with Crippen molar-refractivity contribution in [2.75, 3.05) is 50.6 Å². The van der Waals surface area contributed by atoms with Crippen LogP contribution in [0, 0.1) is 5.92 Å². The van der Waals surface area contributed by atoms with Gasteiger partial charge in [-0.05, 0) is 20.0 Å². The summed E-state index contributed by atoms with van der Waals surface area (Å²) in [4.78, 5) is 16.8. The summed E-state index contributed by atoms with van der Waals surface area (Å²) >= 11 is 0. The second-order valence-corrected chi connectivity index (χ2v) is 6.67. The summed E-state index contributed by atoms with van der Waals surface area (Å²) in [5, 5.41) is 3.37. The minimum absolute atomic E-state index is 0.117. The van der Waals surface area contributed by atoms with E-state index in [2.05, 4.69) is 24.1 Å². The molecule has 23 heavy (non-hydrogen) atoms. The van der Waals surface area contributed by atoms with Crippen molar-refractivity contribution in [1.82, 2.24) is 4.90 Å². The van der Waals surface area contributed by atoms with Crippen LogP contribution in [0.1, 0.15) is 13.8 Å². The first-order valence-corrected chi connectivity index (χ1v) is 8.13. The highest BCUT2D eigenvalue weighted by Crippen LogP contribution is 2.42. The highest BCUT2D eigenvalue weighted by atomic mass is 16.6. The minimum Gasteiger partial charge on any atom is -0.486 e. The summed E-state index contributed by atoms with van der Waals surface area (Å²) in [5.74, 6) is 1.78. The van der Waals surface area contributed by atoms with Crippen molar-refractivity contribution >= 4 is 17.3 Å². The summed E-state index contributed by atoms with van der Waals surface area (Å²) in [6.07, 6.45) is 0. The van der Waals surface area contributed by atoms with Crippen molar-refractivity contribution in [3.8, 4) is 11.5 Å². The van der Waals surface area contributed by atoms with Crippen LogP contribution in [0.5, 0.6) is 11.5 Å². The SMILES string of the molecule is CC(C)C1Nc2cc3c(cc2N(CCN(C)C)C1=O)OCCO3. The Morgan fingerprint density at radius 1 is 1.26 bits per heavy atom. The lowest BCUT2D eigenvalue weighted by Gasteiger charge is -2.38. The van der Waals surface area contributed by atoms with Gasteiger partial charge in [0.15, 0.2) is 11.5 Å². The molecule has 2 aliphatic heterocycles. The Hall–Kier alpha value is -1.95. The number of nitrogens with one attached hydrogen (secondary N) is 1. The highest BCUT2D eigenvalue weighted by Gasteiger charge is 2.35. The van der Waals surface area contributed by atoms with Gasteiger partial charge >= 0.3 is 0 Å². The summed E-state index contributed by atoms with van der Waals surface area (Å²) in [7, 11) is 4.02. The first-order chi connectivity index (χ1) is 11.0. The molecule has 1 amide bonds. The second-order valence-electron chi connectivity index (χ2n) is 6.67. The van der Waals surface area contributed by atoms with Crippen LogP contribution in [0.3, 0.4) is 0 Å². The van der Waals surface area contributed by atoms with Crippen LogP contribution in [0.25, 0.3) is 0 Å². The van der Waals surface area contributed by atoms with E-state index in [0.29, 0.717) is 25.5 Å². The molecule has 1 atom stereocenters. The van der Waals surface area contributed by atoms with Gasteiger partial charge in [0, 0.05) is 25.2 Å². The number of nitrogens with zero attached hydrogens (tertiary/aromatic N) is 2. The molecule has 0 fully saturated rings. The van der Waals surface area contributed by atoms with Gasteiger partial charge in [0.25, 0.3) is 0 Å². The third kappa shape index (κ3) is 3.08. The van der Waals surface area contributed by atoms with Crippen molar-refractivity contribution in [2.24, 2.45) is 5.92 Å². The minimum atomic E-state index is -0.216. The van der Waals surface area contributed by atoms with Crippen LogP contribution in [0.2, 0.25) is 0 Å². The lowest BCUT2D eigenvalue weighted by atomic mass is 9.98. The standard InChI is InChI=1S/C17H25N3O3/c1-11(2)16-17(21)20(6-5-19(3)4)13-10-15-14(9-12(13)18-16)22-7-8-23-15/h9-11,16,18H,5-8H2,1-4H3. The third-order valence-corrected chi connectivity index (χ3v) is 4.23. The quantitative estimate of drug-likeness (QED) is 0.917. The molecule has 1 unspecified atom stereocenters. The Morgan fingerprint density at radius 2 is 1.91 bits per heavy atom. The molecule has 1 aromatic carbocycles. The van der Waals surface area contributed by atoms with Crippen LogP contribution >= 0.6 is 0 Å². The number of carbonyl (C=O) groups excluding carboxylic acids is 1. The van der Waals surface area contributed by atoms with E-state index in [1.165, 1.54) is 0 Å². The monoisotopic (exact) mass is 319 g/mol. The molecule has 1 N–H and O–H groups in total. The number of hydrogen-bond donors (Lipinski definition) is 1. The summed E-state index contributed by atoms with van der Waals surface area (Å²) < 4.78 is 11.3. The Morgan fingerprint density at radius 3 is 2.52 bits per heavy atom. The van der Waals surface area contributed by atoms with Crippen molar-refractivity contribution in [1.29, 1.82) is 0 Å². The van der Waals surface area contributed by atoms with Gasteiger partial charge in [-0.25, -0.2) is 0 Å². The molecule has 0 aliphatic carbocycles. The Labute approximate surface area is 137 Å². The predicted molar refractivity (Wildman–Crippen MR) is 90.6 cm³/mol. The average Bonchev–Trinajstić information content (AvgIpc) is 2.51. The zero-order valence-corrected chi connectivity index (χ0v) is 14.3. The fraction of sp³-hybridized carbons (Fsp3) is 0.588. The fourth-order valence-electron chi connectivity index (χ4n) is 2.92. The van der Waals surface area contributed by atoms with E-state index < -0.39 is 0 Å². The lowest BCUT2D eigenvalue weighted by Crippen LogP contribution is -2.51. The van der Waals surface area contributed by atoms with Gasteiger partial charge in [-0.15, -0.1) is 0 Å². The molecule has 2 aliphatic rings. The van der Waals surface area contributed by atoms with Gasteiger partial charge in [-0.3, -0.25) is 4.79 Å². The number of likely N-dealkylation sites (N-methyl/N-ethyl adjacent to an activating group) is 1. The molecule has 0 saturated heterocycles. The number of ether oxygens (including phenoxy) is 2. The van der Waals surface area contributed by atoms with Gasteiger partial charge in [-0.1, -0.05) is 13.8 Å². The van der Waals surface area contributed by atoms with Gasteiger partial charge < -0.3 is 24.6 Å².